The van der Waals surface area contributed by atoms with Gasteiger partial charge in [0, 0.05) is 50.2 Å². The van der Waals surface area contributed by atoms with Crippen LogP contribution in [0.15, 0.2) is 29.3 Å². The highest BCUT2D eigenvalue weighted by Gasteiger charge is 2.55. The number of carbonyl (C=O) groups excluding carboxylic acids is 1. The van der Waals surface area contributed by atoms with Crippen molar-refractivity contribution in [2.45, 2.75) is 61.6 Å². The largest absolute Gasteiger partial charge is 0.390 e. The van der Waals surface area contributed by atoms with E-state index in [1.165, 1.54) is 0 Å². The van der Waals surface area contributed by atoms with Crippen molar-refractivity contribution in [2.24, 2.45) is 17.8 Å². The molecule has 1 aromatic carbocycles. The fourth-order valence-electron chi connectivity index (χ4n) is 7.57. The summed E-state index contributed by atoms with van der Waals surface area (Å²) in [6.45, 7) is 2.95. The van der Waals surface area contributed by atoms with Crippen molar-refractivity contribution in [2.75, 3.05) is 35.7 Å². The van der Waals surface area contributed by atoms with Gasteiger partial charge in [-0.05, 0) is 68.9 Å². The molecule has 1 saturated heterocycles. The van der Waals surface area contributed by atoms with Crippen molar-refractivity contribution in [1.29, 1.82) is 0 Å². The number of hydrogen-bond donors (Lipinski definition) is 2. The van der Waals surface area contributed by atoms with Crippen LogP contribution in [0.3, 0.4) is 0 Å². The molecule has 4 aliphatic carbocycles. The number of halogens is 2. The fraction of sp³-hybridized carbons (Fsp3) is 0.593. The molecule has 5 fully saturated rings. The first-order chi connectivity index (χ1) is 18.4. The molecule has 5 aliphatic rings. The number of nitrogens with one attached hydrogen (secondary N) is 1. The maximum absolute atomic E-state index is 14.8. The molecule has 4 bridgehead atoms. The van der Waals surface area contributed by atoms with E-state index in [4.69, 9.17) is 0 Å². The molecule has 1 aromatic heterocycles. The van der Waals surface area contributed by atoms with Gasteiger partial charge in [0.15, 0.2) is 9.84 Å². The van der Waals surface area contributed by atoms with Crippen molar-refractivity contribution >= 4 is 27.4 Å². The standard InChI is InChI=1S/C27H33F2N5O4S/c1-15-14-33(22-9-20(29)23(10-19(22)28)39(2,37)38)5-6-34(15)26-30-4-3-21(31-26)25(35)32-24-17-7-16-8-18(24)13-27(36,11-16)12-17/h3-4,9-10,15-18,24,36H,5-8,11-14H2,1-2H3,(H,32,35)/t15-,16?,17?,18?,24-,27-/m1/s1. The minimum absolute atomic E-state index is 0.000716. The first-order valence-electron chi connectivity index (χ1n) is 13.5. The Morgan fingerprint density at radius 1 is 1.13 bits per heavy atom. The third kappa shape index (κ3) is 4.86. The Hall–Kier alpha value is -2.86. The fourth-order valence-corrected chi connectivity index (χ4v) is 8.30. The van der Waals surface area contributed by atoms with E-state index >= 15 is 0 Å². The zero-order chi connectivity index (χ0) is 27.7. The molecule has 0 spiro atoms. The van der Waals surface area contributed by atoms with E-state index in [2.05, 4.69) is 15.3 Å². The van der Waals surface area contributed by atoms with Gasteiger partial charge in [-0.15, -0.1) is 0 Å². The number of carbonyl (C=O) groups is 1. The zero-order valence-electron chi connectivity index (χ0n) is 22.0. The van der Waals surface area contributed by atoms with Gasteiger partial charge in [-0.1, -0.05) is 0 Å². The number of hydrogen-bond acceptors (Lipinski definition) is 8. The molecule has 12 heteroatoms. The smallest absolute Gasteiger partial charge is 0.270 e. The maximum Gasteiger partial charge on any atom is 0.270 e. The van der Waals surface area contributed by atoms with Crippen molar-refractivity contribution in [3.05, 3.63) is 41.7 Å². The first kappa shape index (κ1) is 26.4. The van der Waals surface area contributed by atoms with Crippen molar-refractivity contribution in [3.8, 4) is 0 Å². The van der Waals surface area contributed by atoms with Gasteiger partial charge < -0.3 is 20.2 Å². The van der Waals surface area contributed by atoms with Crippen LogP contribution in [-0.4, -0.2) is 73.0 Å². The van der Waals surface area contributed by atoms with E-state index in [9.17, 15) is 27.1 Å². The van der Waals surface area contributed by atoms with Crippen molar-refractivity contribution in [3.63, 3.8) is 0 Å². The van der Waals surface area contributed by atoms with Gasteiger partial charge in [0.2, 0.25) is 5.95 Å². The molecule has 2 N–H and O–H groups in total. The lowest BCUT2D eigenvalue weighted by atomic mass is 9.52. The SMILES string of the molecule is C[C@@H]1CN(c2cc(F)c(S(C)(=O)=O)cc2F)CCN1c1nccc(C(=O)N[C@H]2C3CC4CC2C[C@](O)(C4)C3)n1. The van der Waals surface area contributed by atoms with Gasteiger partial charge in [0.1, 0.15) is 22.2 Å². The molecule has 0 radical (unpaired) electrons. The third-order valence-corrected chi connectivity index (χ3v) is 10.2. The van der Waals surface area contributed by atoms with Crippen LogP contribution in [0.25, 0.3) is 0 Å². The Morgan fingerprint density at radius 3 is 2.49 bits per heavy atom. The minimum atomic E-state index is -3.89. The molecule has 9 nitrogen and oxygen atoms in total. The van der Waals surface area contributed by atoms with Crippen LogP contribution < -0.4 is 15.1 Å². The van der Waals surface area contributed by atoms with Gasteiger partial charge >= 0.3 is 0 Å². The number of anilines is 2. The van der Waals surface area contributed by atoms with Crippen LogP contribution in [0.4, 0.5) is 20.4 Å². The van der Waals surface area contributed by atoms with E-state index in [1.54, 1.807) is 17.2 Å². The molecule has 39 heavy (non-hydrogen) atoms. The van der Waals surface area contributed by atoms with Crippen LogP contribution in [-0.2, 0) is 9.84 Å². The summed E-state index contributed by atoms with van der Waals surface area (Å²) >= 11 is 0. The van der Waals surface area contributed by atoms with Crippen LogP contribution in [0, 0.1) is 29.4 Å². The average Bonchev–Trinajstić information content (AvgIpc) is 2.85. The summed E-state index contributed by atoms with van der Waals surface area (Å²) in [5, 5.41) is 14.0. The van der Waals surface area contributed by atoms with E-state index < -0.39 is 32.0 Å². The number of benzene rings is 1. The third-order valence-electron chi connectivity index (χ3n) is 9.04. The van der Waals surface area contributed by atoms with E-state index in [-0.39, 0.29) is 41.2 Å². The van der Waals surface area contributed by atoms with Gasteiger partial charge in [0.05, 0.1) is 11.3 Å². The van der Waals surface area contributed by atoms with Gasteiger partial charge in [0.25, 0.3) is 5.91 Å². The number of rotatable bonds is 5. The molecule has 2 heterocycles. The number of aliphatic hydroxyl groups is 1. The zero-order valence-corrected chi connectivity index (χ0v) is 22.8. The Morgan fingerprint density at radius 2 is 1.85 bits per heavy atom. The summed E-state index contributed by atoms with van der Waals surface area (Å²) in [4.78, 5) is 25.1. The summed E-state index contributed by atoms with van der Waals surface area (Å²) < 4.78 is 52.7. The number of piperazine rings is 1. The quantitative estimate of drug-likeness (QED) is 0.573. The topological polar surface area (TPSA) is 116 Å². The summed E-state index contributed by atoms with van der Waals surface area (Å²) in [6, 6.07) is 3.09. The van der Waals surface area contributed by atoms with Gasteiger partial charge in [-0.2, -0.15) is 0 Å². The molecule has 210 valence electrons. The molecule has 1 amide bonds. The molecular weight excluding hydrogens is 528 g/mol. The number of sulfone groups is 1. The molecule has 2 aromatic rings. The van der Waals surface area contributed by atoms with Crippen LogP contribution in [0.1, 0.15) is 49.5 Å². The van der Waals surface area contributed by atoms with Crippen LogP contribution in [0.5, 0.6) is 0 Å². The molecule has 4 saturated carbocycles. The van der Waals surface area contributed by atoms with Gasteiger partial charge in [-0.3, -0.25) is 4.79 Å². The summed E-state index contributed by atoms with van der Waals surface area (Å²) in [6.07, 6.45) is 6.84. The second-order valence-electron chi connectivity index (χ2n) is 11.9. The lowest BCUT2D eigenvalue weighted by molar-refractivity contribution is -0.136. The Kier molecular flexibility index (Phi) is 6.33. The highest BCUT2D eigenvalue weighted by molar-refractivity contribution is 7.90. The monoisotopic (exact) mass is 561 g/mol. The summed E-state index contributed by atoms with van der Waals surface area (Å²) in [5.74, 6) is -0.531. The average molecular weight is 562 g/mol. The minimum Gasteiger partial charge on any atom is -0.390 e. The number of aromatic nitrogens is 2. The molecular formula is C27H33F2N5O4S. The Bertz CT molecular complexity index is 1410. The highest BCUT2D eigenvalue weighted by atomic mass is 32.2. The van der Waals surface area contributed by atoms with E-state index in [0.29, 0.717) is 31.5 Å². The predicted molar refractivity (Wildman–Crippen MR) is 140 cm³/mol. The number of nitrogens with zero attached hydrogens (tertiary/aromatic N) is 4. The second kappa shape index (κ2) is 9.36. The molecule has 1 aliphatic heterocycles. The van der Waals surface area contributed by atoms with Crippen LogP contribution >= 0.6 is 0 Å². The van der Waals surface area contributed by atoms with Crippen LogP contribution in [0.2, 0.25) is 0 Å². The molecule has 2 unspecified atom stereocenters. The van der Waals surface area contributed by atoms with E-state index in [0.717, 1.165) is 50.5 Å². The summed E-state index contributed by atoms with van der Waals surface area (Å²) in [5.41, 5.74) is -0.296. The van der Waals surface area contributed by atoms with Crippen molar-refractivity contribution in [1.82, 2.24) is 15.3 Å². The lowest BCUT2D eigenvalue weighted by Crippen LogP contribution is -2.61. The Labute approximate surface area is 226 Å². The molecule has 3 atom stereocenters. The van der Waals surface area contributed by atoms with Crippen molar-refractivity contribution < 1.29 is 27.1 Å². The van der Waals surface area contributed by atoms with E-state index in [1.807, 2.05) is 11.8 Å². The second-order valence-corrected chi connectivity index (χ2v) is 13.9. The maximum atomic E-state index is 14.8. The predicted octanol–water partition coefficient (Wildman–Crippen LogP) is 2.54. The molecule has 7 rings (SSSR count). The highest BCUT2D eigenvalue weighted by Crippen LogP contribution is 2.55. The lowest BCUT2D eigenvalue weighted by Gasteiger charge is -2.58. The summed E-state index contributed by atoms with van der Waals surface area (Å²) in [7, 11) is -3.89. The first-order valence-corrected chi connectivity index (χ1v) is 15.4. The van der Waals surface area contributed by atoms with Gasteiger partial charge in [-0.25, -0.2) is 27.2 Å². The number of amides is 1. The normalized spacial score (nSPS) is 32.0. The Balaban J connectivity index is 1.14.